The maximum Gasteiger partial charge on any atom is 0.237 e. The summed E-state index contributed by atoms with van der Waals surface area (Å²) in [6, 6.07) is 0.0261. The summed E-state index contributed by atoms with van der Waals surface area (Å²) in [7, 11) is 1.71. The zero-order valence-electron chi connectivity index (χ0n) is 10.6. The normalized spacial score (nSPS) is 21.1. The molecule has 94 valence electrons. The Morgan fingerprint density at radius 3 is 2.88 bits per heavy atom. The Kier molecular flexibility index (Phi) is 5.22. The number of hydrogen-bond acceptors (Lipinski definition) is 3. The third kappa shape index (κ3) is 4.49. The Morgan fingerprint density at radius 2 is 2.31 bits per heavy atom. The zero-order valence-corrected chi connectivity index (χ0v) is 10.6. The molecule has 1 saturated heterocycles. The molecule has 1 atom stereocenters. The lowest BCUT2D eigenvalue weighted by Crippen LogP contribution is -2.44. The Labute approximate surface area is 98.1 Å². The van der Waals surface area contributed by atoms with Crippen molar-refractivity contribution in [1.82, 2.24) is 10.6 Å². The van der Waals surface area contributed by atoms with Crippen molar-refractivity contribution in [3.8, 4) is 0 Å². The van der Waals surface area contributed by atoms with E-state index in [0.717, 1.165) is 32.4 Å². The minimum absolute atomic E-state index is 0.0261. The first-order valence-corrected chi connectivity index (χ1v) is 6.05. The predicted molar refractivity (Wildman–Crippen MR) is 64.3 cm³/mol. The molecule has 1 aliphatic rings. The van der Waals surface area contributed by atoms with Crippen LogP contribution in [0.5, 0.6) is 0 Å². The van der Waals surface area contributed by atoms with Gasteiger partial charge >= 0.3 is 0 Å². The smallest absolute Gasteiger partial charge is 0.237 e. The summed E-state index contributed by atoms with van der Waals surface area (Å²) in [5.41, 5.74) is 0.101. The predicted octanol–water partition coefficient (Wildman–Crippen LogP) is 0.917. The summed E-state index contributed by atoms with van der Waals surface area (Å²) < 4.78 is 5.06. The van der Waals surface area contributed by atoms with E-state index < -0.39 is 0 Å². The van der Waals surface area contributed by atoms with Crippen LogP contribution in [0.4, 0.5) is 0 Å². The molecule has 4 nitrogen and oxygen atoms in total. The molecule has 1 heterocycles. The second-order valence-electron chi connectivity index (χ2n) is 5.27. The number of ether oxygens (including phenoxy) is 1. The highest BCUT2D eigenvalue weighted by Gasteiger charge is 2.24. The highest BCUT2D eigenvalue weighted by Crippen LogP contribution is 2.18. The SMILES string of the molecule is COCCC(C)(C)CNC(=O)C1CCCN1. The first kappa shape index (κ1) is 13.5. The number of carbonyl (C=O) groups is 1. The molecule has 0 bridgehead atoms. The Balaban J connectivity index is 2.24. The topological polar surface area (TPSA) is 50.4 Å². The van der Waals surface area contributed by atoms with Crippen molar-refractivity contribution in [2.75, 3.05) is 26.8 Å². The molecule has 4 heteroatoms. The van der Waals surface area contributed by atoms with Crippen molar-refractivity contribution < 1.29 is 9.53 Å². The van der Waals surface area contributed by atoms with Crippen LogP contribution in [-0.2, 0) is 9.53 Å². The molecule has 0 aromatic heterocycles. The van der Waals surface area contributed by atoms with Crippen LogP contribution < -0.4 is 10.6 Å². The second-order valence-corrected chi connectivity index (χ2v) is 5.27. The summed E-state index contributed by atoms with van der Waals surface area (Å²) in [5, 5.41) is 6.22. The molecule has 1 amide bonds. The van der Waals surface area contributed by atoms with Crippen molar-refractivity contribution in [2.45, 2.75) is 39.2 Å². The van der Waals surface area contributed by atoms with Gasteiger partial charge in [-0.15, -0.1) is 0 Å². The van der Waals surface area contributed by atoms with Gasteiger partial charge in [-0.05, 0) is 31.2 Å². The first-order chi connectivity index (χ1) is 7.55. The minimum Gasteiger partial charge on any atom is -0.385 e. The van der Waals surface area contributed by atoms with Gasteiger partial charge in [-0.3, -0.25) is 4.79 Å². The van der Waals surface area contributed by atoms with Gasteiger partial charge in [-0.2, -0.15) is 0 Å². The van der Waals surface area contributed by atoms with Gasteiger partial charge in [0.15, 0.2) is 0 Å². The van der Waals surface area contributed by atoms with E-state index in [9.17, 15) is 4.79 Å². The second kappa shape index (κ2) is 6.21. The maximum absolute atomic E-state index is 11.8. The first-order valence-electron chi connectivity index (χ1n) is 6.05. The highest BCUT2D eigenvalue weighted by atomic mass is 16.5. The molecule has 0 aromatic rings. The van der Waals surface area contributed by atoms with Gasteiger partial charge in [0, 0.05) is 20.3 Å². The number of amides is 1. The number of rotatable bonds is 6. The van der Waals surface area contributed by atoms with Crippen LogP contribution in [0, 0.1) is 5.41 Å². The summed E-state index contributed by atoms with van der Waals surface area (Å²) in [6.07, 6.45) is 3.03. The molecular weight excluding hydrogens is 204 g/mol. The van der Waals surface area contributed by atoms with Crippen LogP contribution in [0.15, 0.2) is 0 Å². The molecule has 0 spiro atoms. The van der Waals surface area contributed by atoms with E-state index in [-0.39, 0.29) is 17.4 Å². The van der Waals surface area contributed by atoms with Crippen molar-refractivity contribution in [3.63, 3.8) is 0 Å². The van der Waals surface area contributed by atoms with Gasteiger partial charge in [-0.1, -0.05) is 13.8 Å². The summed E-state index contributed by atoms with van der Waals surface area (Å²) >= 11 is 0. The highest BCUT2D eigenvalue weighted by molar-refractivity contribution is 5.82. The largest absolute Gasteiger partial charge is 0.385 e. The number of nitrogens with one attached hydrogen (secondary N) is 2. The zero-order chi connectivity index (χ0) is 12.0. The summed E-state index contributed by atoms with van der Waals surface area (Å²) in [5.74, 6) is 0.142. The van der Waals surface area contributed by atoms with E-state index in [2.05, 4.69) is 24.5 Å². The van der Waals surface area contributed by atoms with Gasteiger partial charge in [0.2, 0.25) is 5.91 Å². The maximum atomic E-state index is 11.8. The van der Waals surface area contributed by atoms with Crippen LogP contribution >= 0.6 is 0 Å². The lowest BCUT2D eigenvalue weighted by atomic mass is 9.89. The average Bonchev–Trinajstić information content (AvgIpc) is 2.77. The number of hydrogen-bond donors (Lipinski definition) is 2. The van der Waals surface area contributed by atoms with Gasteiger partial charge in [0.05, 0.1) is 6.04 Å². The van der Waals surface area contributed by atoms with E-state index in [1.54, 1.807) is 7.11 Å². The Bertz CT molecular complexity index is 223. The molecule has 1 unspecified atom stereocenters. The minimum atomic E-state index is 0.0261. The van der Waals surface area contributed by atoms with Crippen LogP contribution in [0.25, 0.3) is 0 Å². The molecule has 0 aromatic carbocycles. The molecule has 1 aliphatic heterocycles. The fourth-order valence-corrected chi connectivity index (χ4v) is 1.82. The lowest BCUT2D eigenvalue weighted by molar-refractivity contribution is -0.123. The standard InChI is InChI=1S/C12H24N2O2/c1-12(2,6-8-16-3)9-14-11(15)10-5-4-7-13-10/h10,13H,4-9H2,1-3H3,(H,14,15). The van der Waals surface area contributed by atoms with Crippen LogP contribution in [0.2, 0.25) is 0 Å². The Morgan fingerprint density at radius 1 is 1.56 bits per heavy atom. The van der Waals surface area contributed by atoms with Crippen LogP contribution in [-0.4, -0.2) is 38.8 Å². The van der Waals surface area contributed by atoms with Crippen molar-refractivity contribution in [2.24, 2.45) is 5.41 Å². The third-order valence-electron chi connectivity index (χ3n) is 3.10. The molecule has 16 heavy (non-hydrogen) atoms. The molecule has 0 radical (unpaired) electrons. The van der Waals surface area contributed by atoms with Crippen molar-refractivity contribution >= 4 is 5.91 Å². The molecule has 1 rings (SSSR count). The molecular formula is C12H24N2O2. The van der Waals surface area contributed by atoms with Gasteiger partial charge in [0.1, 0.15) is 0 Å². The van der Waals surface area contributed by atoms with E-state index >= 15 is 0 Å². The summed E-state index contributed by atoms with van der Waals surface area (Å²) in [6.45, 7) is 6.71. The third-order valence-corrected chi connectivity index (χ3v) is 3.10. The van der Waals surface area contributed by atoms with E-state index in [0.29, 0.717) is 6.54 Å². The molecule has 0 aliphatic carbocycles. The monoisotopic (exact) mass is 228 g/mol. The van der Waals surface area contributed by atoms with E-state index in [4.69, 9.17) is 4.74 Å². The van der Waals surface area contributed by atoms with E-state index in [1.807, 2.05) is 0 Å². The van der Waals surface area contributed by atoms with Crippen molar-refractivity contribution in [3.05, 3.63) is 0 Å². The molecule has 0 saturated carbocycles. The van der Waals surface area contributed by atoms with Gasteiger partial charge in [0.25, 0.3) is 0 Å². The number of carbonyl (C=O) groups excluding carboxylic acids is 1. The average molecular weight is 228 g/mol. The fraction of sp³-hybridized carbons (Fsp3) is 0.917. The fourth-order valence-electron chi connectivity index (χ4n) is 1.82. The van der Waals surface area contributed by atoms with Gasteiger partial charge < -0.3 is 15.4 Å². The van der Waals surface area contributed by atoms with Crippen LogP contribution in [0.3, 0.4) is 0 Å². The quantitative estimate of drug-likeness (QED) is 0.710. The molecule has 2 N–H and O–H groups in total. The Hall–Kier alpha value is -0.610. The lowest BCUT2D eigenvalue weighted by Gasteiger charge is -2.25. The molecule has 1 fully saturated rings. The van der Waals surface area contributed by atoms with E-state index in [1.165, 1.54) is 0 Å². The van der Waals surface area contributed by atoms with Crippen molar-refractivity contribution in [1.29, 1.82) is 0 Å². The van der Waals surface area contributed by atoms with Gasteiger partial charge in [-0.25, -0.2) is 0 Å². The summed E-state index contributed by atoms with van der Waals surface area (Å²) in [4.78, 5) is 11.8. The number of methoxy groups -OCH3 is 1. The van der Waals surface area contributed by atoms with Crippen LogP contribution in [0.1, 0.15) is 33.1 Å².